The highest BCUT2D eigenvalue weighted by Crippen LogP contribution is 2.09. The van der Waals surface area contributed by atoms with Gasteiger partial charge in [-0.25, -0.2) is 0 Å². The Morgan fingerprint density at radius 3 is 2.94 bits per heavy atom. The fourth-order valence-electron chi connectivity index (χ4n) is 1.45. The fraction of sp³-hybridized carbons (Fsp3) is 0.462. The van der Waals surface area contributed by atoms with Gasteiger partial charge in [0.15, 0.2) is 0 Å². The molecule has 0 bridgehead atoms. The van der Waals surface area contributed by atoms with Gasteiger partial charge in [-0.05, 0) is 38.0 Å². The van der Waals surface area contributed by atoms with Crippen molar-refractivity contribution in [2.75, 3.05) is 18.5 Å². The van der Waals surface area contributed by atoms with E-state index in [1.165, 1.54) is 5.56 Å². The Hall–Kier alpha value is -1.51. The third-order valence-corrected chi connectivity index (χ3v) is 2.21. The lowest BCUT2D eigenvalue weighted by Gasteiger charge is -2.06. The summed E-state index contributed by atoms with van der Waals surface area (Å²) in [6.45, 7) is 5.14. The number of benzene rings is 1. The highest BCUT2D eigenvalue weighted by Gasteiger charge is 2.00. The molecule has 0 atom stereocenters. The van der Waals surface area contributed by atoms with Crippen molar-refractivity contribution >= 4 is 11.7 Å². The zero-order valence-corrected chi connectivity index (χ0v) is 9.95. The molecule has 1 aromatic rings. The van der Waals surface area contributed by atoms with E-state index in [-0.39, 0.29) is 5.97 Å². The zero-order chi connectivity index (χ0) is 11.8. The SMILES string of the molecule is CCOC(=O)CCCNc1cccc(C)c1. The molecule has 0 saturated carbocycles. The largest absolute Gasteiger partial charge is 0.466 e. The number of esters is 1. The topological polar surface area (TPSA) is 38.3 Å². The molecule has 0 unspecified atom stereocenters. The second kappa shape index (κ2) is 6.88. The fourth-order valence-corrected chi connectivity index (χ4v) is 1.45. The summed E-state index contributed by atoms with van der Waals surface area (Å²) in [5.41, 5.74) is 2.33. The number of carbonyl (C=O) groups is 1. The summed E-state index contributed by atoms with van der Waals surface area (Å²) in [6, 6.07) is 8.19. The summed E-state index contributed by atoms with van der Waals surface area (Å²) < 4.78 is 4.85. The van der Waals surface area contributed by atoms with Crippen LogP contribution in [0.2, 0.25) is 0 Å². The van der Waals surface area contributed by atoms with Crippen molar-refractivity contribution in [3.8, 4) is 0 Å². The van der Waals surface area contributed by atoms with E-state index in [2.05, 4.69) is 24.4 Å². The molecule has 0 aromatic heterocycles. The van der Waals surface area contributed by atoms with Gasteiger partial charge < -0.3 is 10.1 Å². The Morgan fingerprint density at radius 1 is 1.44 bits per heavy atom. The van der Waals surface area contributed by atoms with Gasteiger partial charge in [0.25, 0.3) is 0 Å². The van der Waals surface area contributed by atoms with Crippen LogP contribution in [-0.4, -0.2) is 19.1 Å². The van der Waals surface area contributed by atoms with Crippen LogP contribution < -0.4 is 5.32 Å². The quantitative estimate of drug-likeness (QED) is 0.593. The summed E-state index contributed by atoms with van der Waals surface area (Å²) in [6.07, 6.45) is 1.28. The number of hydrogen-bond acceptors (Lipinski definition) is 3. The summed E-state index contributed by atoms with van der Waals surface area (Å²) in [4.78, 5) is 11.1. The molecule has 3 nitrogen and oxygen atoms in total. The number of anilines is 1. The van der Waals surface area contributed by atoms with Gasteiger partial charge in [0.05, 0.1) is 6.61 Å². The molecule has 0 radical (unpaired) electrons. The lowest BCUT2D eigenvalue weighted by molar-refractivity contribution is -0.143. The van der Waals surface area contributed by atoms with Crippen LogP contribution in [0.1, 0.15) is 25.3 Å². The van der Waals surface area contributed by atoms with Gasteiger partial charge in [0.1, 0.15) is 0 Å². The minimum atomic E-state index is -0.117. The van der Waals surface area contributed by atoms with E-state index < -0.39 is 0 Å². The first-order valence-electron chi connectivity index (χ1n) is 5.68. The highest BCUT2D eigenvalue weighted by atomic mass is 16.5. The van der Waals surface area contributed by atoms with Crippen molar-refractivity contribution in [3.05, 3.63) is 29.8 Å². The van der Waals surface area contributed by atoms with E-state index >= 15 is 0 Å². The molecule has 0 aliphatic rings. The molecule has 3 heteroatoms. The van der Waals surface area contributed by atoms with Gasteiger partial charge >= 0.3 is 5.97 Å². The molecule has 1 N–H and O–H groups in total. The molecule has 0 saturated heterocycles. The number of nitrogens with one attached hydrogen (secondary N) is 1. The highest BCUT2D eigenvalue weighted by molar-refractivity contribution is 5.69. The van der Waals surface area contributed by atoms with E-state index in [0.717, 1.165) is 18.7 Å². The minimum absolute atomic E-state index is 0.117. The first-order chi connectivity index (χ1) is 7.72. The first-order valence-corrected chi connectivity index (χ1v) is 5.68. The third-order valence-electron chi connectivity index (χ3n) is 2.21. The number of ether oxygens (including phenoxy) is 1. The molecule has 88 valence electrons. The van der Waals surface area contributed by atoms with Crippen LogP contribution in [0.5, 0.6) is 0 Å². The summed E-state index contributed by atoms with van der Waals surface area (Å²) in [5.74, 6) is -0.117. The van der Waals surface area contributed by atoms with Gasteiger partial charge in [-0.15, -0.1) is 0 Å². The molecule has 0 spiro atoms. The summed E-state index contributed by atoms with van der Waals surface area (Å²) in [7, 11) is 0. The number of carbonyl (C=O) groups excluding carboxylic acids is 1. The Labute approximate surface area is 96.8 Å². The third kappa shape index (κ3) is 4.82. The van der Waals surface area contributed by atoms with Crippen LogP contribution in [0, 0.1) is 6.92 Å². The van der Waals surface area contributed by atoms with Crippen LogP contribution >= 0.6 is 0 Å². The van der Waals surface area contributed by atoms with Gasteiger partial charge in [0, 0.05) is 18.7 Å². The predicted octanol–water partition coefficient (Wildman–Crippen LogP) is 2.75. The normalized spacial score (nSPS) is 9.88. The molecule has 0 aliphatic carbocycles. The summed E-state index contributed by atoms with van der Waals surface area (Å²) in [5, 5.41) is 3.28. The van der Waals surface area contributed by atoms with E-state index in [0.29, 0.717) is 13.0 Å². The lowest BCUT2D eigenvalue weighted by atomic mass is 10.2. The predicted molar refractivity (Wildman–Crippen MR) is 65.5 cm³/mol. The lowest BCUT2D eigenvalue weighted by Crippen LogP contribution is -2.08. The number of aryl methyl sites for hydroxylation is 1. The zero-order valence-electron chi connectivity index (χ0n) is 9.95. The first kappa shape index (κ1) is 12.6. The molecule has 1 aromatic carbocycles. The minimum Gasteiger partial charge on any atom is -0.466 e. The van der Waals surface area contributed by atoms with Crippen molar-refractivity contribution in [3.63, 3.8) is 0 Å². The molecule has 16 heavy (non-hydrogen) atoms. The van der Waals surface area contributed by atoms with Crippen molar-refractivity contribution in [2.45, 2.75) is 26.7 Å². The van der Waals surface area contributed by atoms with Gasteiger partial charge in [0.2, 0.25) is 0 Å². The maximum Gasteiger partial charge on any atom is 0.305 e. The maximum atomic E-state index is 11.1. The average Bonchev–Trinajstić information content (AvgIpc) is 2.25. The van der Waals surface area contributed by atoms with Crippen LogP contribution in [0.4, 0.5) is 5.69 Å². The maximum absolute atomic E-state index is 11.1. The molecule has 0 aliphatic heterocycles. The Kier molecular flexibility index (Phi) is 5.40. The molecule has 0 fully saturated rings. The second-order valence-corrected chi connectivity index (χ2v) is 3.70. The van der Waals surface area contributed by atoms with Crippen molar-refractivity contribution in [1.29, 1.82) is 0 Å². The van der Waals surface area contributed by atoms with Crippen LogP contribution in [0.3, 0.4) is 0 Å². The smallest absolute Gasteiger partial charge is 0.305 e. The van der Waals surface area contributed by atoms with Crippen LogP contribution in [0.25, 0.3) is 0 Å². The van der Waals surface area contributed by atoms with E-state index in [1.807, 2.05) is 19.1 Å². The second-order valence-electron chi connectivity index (χ2n) is 3.70. The Morgan fingerprint density at radius 2 is 2.25 bits per heavy atom. The molecule has 0 amide bonds. The van der Waals surface area contributed by atoms with Crippen molar-refractivity contribution < 1.29 is 9.53 Å². The standard InChI is InChI=1S/C13H19NO2/c1-3-16-13(15)8-5-9-14-12-7-4-6-11(2)10-12/h4,6-7,10,14H,3,5,8-9H2,1-2H3. The van der Waals surface area contributed by atoms with Gasteiger partial charge in [-0.2, -0.15) is 0 Å². The van der Waals surface area contributed by atoms with Crippen molar-refractivity contribution in [2.24, 2.45) is 0 Å². The molecule has 0 heterocycles. The van der Waals surface area contributed by atoms with Crippen LogP contribution in [0.15, 0.2) is 24.3 Å². The monoisotopic (exact) mass is 221 g/mol. The number of hydrogen-bond donors (Lipinski definition) is 1. The Balaban J connectivity index is 2.18. The van der Waals surface area contributed by atoms with E-state index in [1.54, 1.807) is 0 Å². The number of rotatable bonds is 6. The molecular weight excluding hydrogens is 202 g/mol. The van der Waals surface area contributed by atoms with Gasteiger partial charge in [-0.1, -0.05) is 12.1 Å². The van der Waals surface area contributed by atoms with Gasteiger partial charge in [-0.3, -0.25) is 4.79 Å². The van der Waals surface area contributed by atoms with E-state index in [9.17, 15) is 4.79 Å². The molecule has 1 rings (SSSR count). The molecular formula is C13H19NO2. The van der Waals surface area contributed by atoms with Crippen molar-refractivity contribution in [1.82, 2.24) is 0 Å². The Bertz CT molecular complexity index is 336. The average molecular weight is 221 g/mol. The van der Waals surface area contributed by atoms with Crippen LogP contribution in [-0.2, 0) is 9.53 Å². The van der Waals surface area contributed by atoms with E-state index in [4.69, 9.17) is 4.74 Å². The summed E-state index contributed by atoms with van der Waals surface area (Å²) >= 11 is 0.